The molecule has 1 amide bonds. The number of carbonyl (C=O) groups excluding carboxylic acids is 1. The van der Waals surface area contributed by atoms with Crippen LogP contribution in [0.5, 0.6) is 0 Å². The summed E-state index contributed by atoms with van der Waals surface area (Å²) in [5.74, 6) is 0.324. The van der Waals surface area contributed by atoms with Crippen LogP contribution in [0.4, 0.5) is 5.69 Å². The van der Waals surface area contributed by atoms with Crippen molar-refractivity contribution in [3.63, 3.8) is 0 Å². The lowest BCUT2D eigenvalue weighted by Crippen LogP contribution is -2.44. The van der Waals surface area contributed by atoms with Gasteiger partial charge in [0.2, 0.25) is 0 Å². The van der Waals surface area contributed by atoms with Crippen LogP contribution >= 0.6 is 0 Å². The molecular weight excluding hydrogens is 216 g/mol. The molecule has 1 aliphatic rings. The number of anilines is 1. The van der Waals surface area contributed by atoms with Crippen molar-refractivity contribution in [2.75, 3.05) is 18.9 Å². The number of nitrogens with one attached hydrogen (secondary N) is 1. The smallest absolute Gasteiger partial charge is 0.251 e. The molecule has 2 rings (SSSR count). The van der Waals surface area contributed by atoms with Gasteiger partial charge in [0.05, 0.1) is 6.61 Å². The Morgan fingerprint density at radius 3 is 2.76 bits per heavy atom. The molecule has 3 N–H and O–H groups in total. The second-order valence-electron chi connectivity index (χ2n) is 4.54. The molecule has 0 aliphatic carbocycles. The molecule has 1 saturated heterocycles. The predicted molar refractivity (Wildman–Crippen MR) is 66.7 cm³/mol. The SMILES string of the molecule is CC1COCCC1NC(=O)c1ccc(N)cc1. The minimum Gasteiger partial charge on any atom is -0.399 e. The lowest BCUT2D eigenvalue weighted by atomic mass is 9.97. The van der Waals surface area contributed by atoms with Gasteiger partial charge in [0, 0.05) is 23.9 Å². The van der Waals surface area contributed by atoms with Crippen molar-refractivity contribution in [3.8, 4) is 0 Å². The second kappa shape index (κ2) is 5.19. The lowest BCUT2D eigenvalue weighted by Gasteiger charge is -2.29. The first-order chi connectivity index (χ1) is 8.16. The largest absolute Gasteiger partial charge is 0.399 e. The summed E-state index contributed by atoms with van der Waals surface area (Å²) >= 11 is 0. The molecule has 1 fully saturated rings. The second-order valence-corrected chi connectivity index (χ2v) is 4.54. The Kier molecular flexibility index (Phi) is 3.64. The normalized spacial score (nSPS) is 24.3. The first-order valence-electron chi connectivity index (χ1n) is 5.91. The third-order valence-electron chi connectivity index (χ3n) is 3.13. The molecule has 1 heterocycles. The maximum absolute atomic E-state index is 12.0. The molecule has 2 atom stereocenters. The van der Waals surface area contributed by atoms with Crippen molar-refractivity contribution < 1.29 is 9.53 Å². The monoisotopic (exact) mass is 234 g/mol. The molecule has 4 heteroatoms. The fraction of sp³-hybridized carbons (Fsp3) is 0.462. The van der Waals surface area contributed by atoms with Gasteiger partial charge in [-0.25, -0.2) is 0 Å². The number of carbonyl (C=O) groups is 1. The van der Waals surface area contributed by atoms with E-state index in [0.717, 1.165) is 13.0 Å². The van der Waals surface area contributed by atoms with E-state index < -0.39 is 0 Å². The topological polar surface area (TPSA) is 64.3 Å². The lowest BCUT2D eigenvalue weighted by molar-refractivity contribution is 0.0375. The van der Waals surface area contributed by atoms with Gasteiger partial charge < -0.3 is 15.8 Å². The molecule has 92 valence electrons. The average Bonchev–Trinajstić information content (AvgIpc) is 2.33. The summed E-state index contributed by atoms with van der Waals surface area (Å²) in [5.41, 5.74) is 6.90. The van der Waals surface area contributed by atoms with Crippen LogP contribution in [0.15, 0.2) is 24.3 Å². The minimum atomic E-state index is -0.0382. The zero-order valence-corrected chi connectivity index (χ0v) is 9.98. The van der Waals surface area contributed by atoms with E-state index in [4.69, 9.17) is 10.5 Å². The number of amides is 1. The highest BCUT2D eigenvalue weighted by atomic mass is 16.5. The van der Waals surface area contributed by atoms with Crippen molar-refractivity contribution >= 4 is 11.6 Å². The molecule has 0 saturated carbocycles. The molecule has 0 aromatic heterocycles. The van der Waals surface area contributed by atoms with E-state index in [9.17, 15) is 4.79 Å². The van der Waals surface area contributed by atoms with Crippen LogP contribution in [0, 0.1) is 5.92 Å². The average molecular weight is 234 g/mol. The van der Waals surface area contributed by atoms with Crippen molar-refractivity contribution in [3.05, 3.63) is 29.8 Å². The molecule has 4 nitrogen and oxygen atoms in total. The highest BCUT2D eigenvalue weighted by Crippen LogP contribution is 2.15. The van der Waals surface area contributed by atoms with Gasteiger partial charge in [-0.05, 0) is 36.6 Å². The van der Waals surface area contributed by atoms with Gasteiger partial charge in [-0.15, -0.1) is 0 Å². The minimum absolute atomic E-state index is 0.0382. The summed E-state index contributed by atoms with van der Waals surface area (Å²) in [4.78, 5) is 12.0. The molecule has 2 unspecified atom stereocenters. The van der Waals surface area contributed by atoms with E-state index in [1.54, 1.807) is 24.3 Å². The van der Waals surface area contributed by atoms with E-state index in [0.29, 0.717) is 23.8 Å². The summed E-state index contributed by atoms with van der Waals surface area (Å²) in [6, 6.07) is 7.17. The molecule has 0 bridgehead atoms. The molecule has 1 aliphatic heterocycles. The van der Waals surface area contributed by atoms with E-state index >= 15 is 0 Å². The zero-order valence-electron chi connectivity index (χ0n) is 9.98. The maximum atomic E-state index is 12.0. The summed E-state index contributed by atoms with van der Waals surface area (Å²) in [6.45, 7) is 3.52. The number of nitrogen functional groups attached to an aromatic ring is 1. The quantitative estimate of drug-likeness (QED) is 0.761. The number of hydrogen-bond acceptors (Lipinski definition) is 3. The predicted octanol–water partition coefficient (Wildman–Crippen LogP) is 1.42. The summed E-state index contributed by atoms with van der Waals surface area (Å²) < 4.78 is 5.35. The Hall–Kier alpha value is -1.55. The summed E-state index contributed by atoms with van der Waals surface area (Å²) in [6.07, 6.45) is 0.877. The van der Waals surface area contributed by atoms with E-state index in [2.05, 4.69) is 12.2 Å². The van der Waals surface area contributed by atoms with Crippen LogP contribution in [0.25, 0.3) is 0 Å². The Morgan fingerprint density at radius 2 is 2.12 bits per heavy atom. The van der Waals surface area contributed by atoms with Crippen LogP contribution < -0.4 is 11.1 Å². The fourth-order valence-electron chi connectivity index (χ4n) is 1.98. The Bertz CT molecular complexity index is 389. The number of ether oxygens (including phenoxy) is 1. The van der Waals surface area contributed by atoms with Crippen LogP contribution in [-0.2, 0) is 4.74 Å². The number of rotatable bonds is 2. The first kappa shape index (κ1) is 11.9. The third kappa shape index (κ3) is 2.97. The number of hydrogen-bond donors (Lipinski definition) is 2. The van der Waals surface area contributed by atoms with Crippen molar-refractivity contribution in [1.29, 1.82) is 0 Å². The van der Waals surface area contributed by atoms with Crippen LogP contribution in [0.1, 0.15) is 23.7 Å². The van der Waals surface area contributed by atoms with Crippen LogP contribution in [-0.4, -0.2) is 25.2 Å². The van der Waals surface area contributed by atoms with Crippen molar-refractivity contribution in [2.45, 2.75) is 19.4 Å². The standard InChI is InChI=1S/C13H18N2O2/c1-9-8-17-7-6-12(9)15-13(16)10-2-4-11(14)5-3-10/h2-5,9,12H,6-8,14H2,1H3,(H,15,16). The molecule has 0 spiro atoms. The Morgan fingerprint density at radius 1 is 1.41 bits per heavy atom. The van der Waals surface area contributed by atoms with Gasteiger partial charge >= 0.3 is 0 Å². The maximum Gasteiger partial charge on any atom is 0.251 e. The van der Waals surface area contributed by atoms with Gasteiger partial charge in [-0.2, -0.15) is 0 Å². The Labute approximate surface area is 101 Å². The van der Waals surface area contributed by atoms with Gasteiger partial charge in [0.1, 0.15) is 0 Å². The molecule has 17 heavy (non-hydrogen) atoms. The highest BCUT2D eigenvalue weighted by Gasteiger charge is 2.23. The highest BCUT2D eigenvalue weighted by molar-refractivity contribution is 5.94. The van der Waals surface area contributed by atoms with Crippen LogP contribution in [0.2, 0.25) is 0 Å². The number of benzene rings is 1. The molecule has 1 aromatic rings. The summed E-state index contributed by atoms with van der Waals surface area (Å²) in [7, 11) is 0. The van der Waals surface area contributed by atoms with E-state index in [1.165, 1.54) is 0 Å². The van der Waals surface area contributed by atoms with Crippen LogP contribution in [0.3, 0.4) is 0 Å². The summed E-state index contributed by atoms with van der Waals surface area (Å²) in [5, 5.41) is 3.04. The molecule has 1 aromatic carbocycles. The van der Waals surface area contributed by atoms with E-state index in [-0.39, 0.29) is 11.9 Å². The molecular formula is C13H18N2O2. The Balaban J connectivity index is 1.98. The molecule has 0 radical (unpaired) electrons. The third-order valence-corrected chi connectivity index (χ3v) is 3.13. The van der Waals surface area contributed by atoms with Gasteiger partial charge in [-0.1, -0.05) is 6.92 Å². The zero-order chi connectivity index (χ0) is 12.3. The van der Waals surface area contributed by atoms with Crippen molar-refractivity contribution in [1.82, 2.24) is 5.32 Å². The van der Waals surface area contributed by atoms with Gasteiger partial charge in [-0.3, -0.25) is 4.79 Å². The van der Waals surface area contributed by atoms with E-state index in [1.807, 2.05) is 0 Å². The number of nitrogens with two attached hydrogens (primary N) is 1. The van der Waals surface area contributed by atoms with Gasteiger partial charge in [0.15, 0.2) is 0 Å². The van der Waals surface area contributed by atoms with Gasteiger partial charge in [0.25, 0.3) is 5.91 Å². The fourth-order valence-corrected chi connectivity index (χ4v) is 1.98. The first-order valence-corrected chi connectivity index (χ1v) is 5.91. The van der Waals surface area contributed by atoms with Crippen molar-refractivity contribution in [2.24, 2.45) is 5.92 Å².